The van der Waals surface area contributed by atoms with E-state index in [2.05, 4.69) is 21.2 Å². The molecule has 2 aromatic rings. The molecule has 120 valence electrons. The number of nitrogens with zero attached hydrogens (tertiary/aromatic N) is 1. The lowest BCUT2D eigenvalue weighted by molar-refractivity contribution is -0.138. The minimum Gasteiger partial charge on any atom is -0.453 e. The summed E-state index contributed by atoms with van der Waals surface area (Å²) in [6.07, 6.45) is 0. The molecule has 7 heteroatoms. The number of hydrogen-bond acceptors (Lipinski definition) is 4. The van der Waals surface area contributed by atoms with Crippen LogP contribution in [0, 0.1) is 0 Å². The molecule has 1 spiro atoms. The van der Waals surface area contributed by atoms with Crippen LogP contribution in [0.5, 0.6) is 5.75 Å². The summed E-state index contributed by atoms with van der Waals surface area (Å²) in [5, 5.41) is 2.64. The SMILES string of the molecule is CC(=O)N1C(=O)[C@]2(NC(=O)c3ccccc3O2)c2cc(Br)ccc21. The molecule has 0 saturated heterocycles. The molecule has 2 heterocycles. The van der Waals surface area contributed by atoms with Gasteiger partial charge in [-0.2, -0.15) is 0 Å². The van der Waals surface area contributed by atoms with Crippen molar-refractivity contribution < 1.29 is 19.1 Å². The van der Waals surface area contributed by atoms with Crippen LogP contribution in [0.4, 0.5) is 5.69 Å². The third kappa shape index (κ3) is 1.85. The molecule has 2 aromatic carbocycles. The van der Waals surface area contributed by atoms with Crippen LogP contribution in [0.25, 0.3) is 0 Å². The average Bonchev–Trinajstić information content (AvgIpc) is 2.76. The fourth-order valence-corrected chi connectivity index (χ4v) is 3.42. The zero-order valence-corrected chi connectivity index (χ0v) is 14.1. The maximum Gasteiger partial charge on any atom is 0.304 e. The molecule has 1 N–H and O–H groups in total. The van der Waals surface area contributed by atoms with Crippen LogP contribution in [0.1, 0.15) is 22.8 Å². The highest BCUT2D eigenvalue weighted by Gasteiger charge is 2.58. The van der Waals surface area contributed by atoms with Crippen LogP contribution in [-0.4, -0.2) is 17.7 Å². The van der Waals surface area contributed by atoms with Gasteiger partial charge in [-0.3, -0.25) is 14.4 Å². The van der Waals surface area contributed by atoms with Gasteiger partial charge in [-0.05, 0) is 30.3 Å². The number of nitrogens with one attached hydrogen (secondary N) is 1. The van der Waals surface area contributed by atoms with Crippen molar-refractivity contribution in [1.29, 1.82) is 0 Å². The van der Waals surface area contributed by atoms with Crippen LogP contribution in [-0.2, 0) is 15.3 Å². The number of carbonyl (C=O) groups excluding carboxylic acids is 3. The minimum absolute atomic E-state index is 0.297. The topological polar surface area (TPSA) is 75.7 Å². The van der Waals surface area contributed by atoms with Crippen molar-refractivity contribution in [3.63, 3.8) is 0 Å². The zero-order valence-electron chi connectivity index (χ0n) is 12.5. The first kappa shape index (κ1) is 14.9. The number of para-hydroxylation sites is 1. The van der Waals surface area contributed by atoms with E-state index in [4.69, 9.17) is 4.74 Å². The first-order chi connectivity index (χ1) is 11.4. The maximum atomic E-state index is 13.0. The number of anilines is 1. The summed E-state index contributed by atoms with van der Waals surface area (Å²) in [6.45, 7) is 1.29. The summed E-state index contributed by atoms with van der Waals surface area (Å²) in [5.41, 5.74) is -0.583. The highest BCUT2D eigenvalue weighted by Crippen LogP contribution is 2.45. The summed E-state index contributed by atoms with van der Waals surface area (Å²) in [7, 11) is 0. The van der Waals surface area contributed by atoms with Gasteiger partial charge in [0, 0.05) is 11.4 Å². The van der Waals surface area contributed by atoms with Crippen LogP contribution in [0.2, 0.25) is 0 Å². The predicted molar refractivity (Wildman–Crippen MR) is 88.5 cm³/mol. The van der Waals surface area contributed by atoms with E-state index < -0.39 is 23.4 Å². The van der Waals surface area contributed by atoms with E-state index in [1.165, 1.54) is 6.92 Å². The third-order valence-corrected chi connectivity index (χ3v) is 4.58. The Morgan fingerprint density at radius 2 is 1.96 bits per heavy atom. The van der Waals surface area contributed by atoms with Crippen molar-refractivity contribution >= 4 is 39.3 Å². The van der Waals surface area contributed by atoms with Gasteiger partial charge in [0.05, 0.1) is 16.8 Å². The first-order valence-corrected chi connectivity index (χ1v) is 7.99. The van der Waals surface area contributed by atoms with Crippen molar-refractivity contribution in [1.82, 2.24) is 5.32 Å². The Morgan fingerprint density at radius 3 is 2.71 bits per heavy atom. The van der Waals surface area contributed by atoms with Gasteiger partial charge in [-0.1, -0.05) is 28.1 Å². The average molecular weight is 387 g/mol. The predicted octanol–water partition coefficient (Wildman–Crippen LogP) is 2.32. The first-order valence-electron chi connectivity index (χ1n) is 7.20. The molecule has 6 nitrogen and oxygen atoms in total. The summed E-state index contributed by atoms with van der Waals surface area (Å²) in [5.74, 6) is -1.21. The number of carbonyl (C=O) groups is 3. The van der Waals surface area contributed by atoms with E-state index in [0.29, 0.717) is 27.0 Å². The van der Waals surface area contributed by atoms with E-state index in [1.54, 1.807) is 42.5 Å². The Morgan fingerprint density at radius 1 is 1.21 bits per heavy atom. The van der Waals surface area contributed by atoms with Crippen LogP contribution >= 0.6 is 15.9 Å². The van der Waals surface area contributed by atoms with Crippen LogP contribution in [0.3, 0.4) is 0 Å². The summed E-state index contributed by atoms with van der Waals surface area (Å²) in [4.78, 5) is 38.5. The standard InChI is InChI=1S/C17H11BrN2O4/c1-9(21)20-13-7-6-10(18)8-12(13)17(16(20)23)19-15(22)11-4-2-3-5-14(11)24-17/h2-8H,1H3,(H,19,22)/t17-/m0/s1. The van der Waals surface area contributed by atoms with Gasteiger partial charge in [0.15, 0.2) is 0 Å². The zero-order chi connectivity index (χ0) is 17.1. The lowest BCUT2D eigenvalue weighted by Crippen LogP contribution is -2.59. The lowest BCUT2D eigenvalue weighted by Gasteiger charge is -2.34. The molecule has 0 saturated carbocycles. The van der Waals surface area contributed by atoms with Gasteiger partial charge in [0.25, 0.3) is 11.6 Å². The van der Waals surface area contributed by atoms with Crippen molar-refractivity contribution in [3.05, 3.63) is 58.1 Å². The molecule has 0 unspecified atom stereocenters. The number of hydrogen-bond donors (Lipinski definition) is 1. The molecular weight excluding hydrogens is 376 g/mol. The second-order valence-corrected chi connectivity index (χ2v) is 6.47. The molecule has 0 aliphatic carbocycles. The molecule has 3 amide bonds. The number of benzene rings is 2. The molecule has 24 heavy (non-hydrogen) atoms. The number of ether oxygens (including phenoxy) is 1. The Labute approximate surface area is 145 Å². The van der Waals surface area contributed by atoms with Crippen molar-refractivity contribution in [2.24, 2.45) is 0 Å². The summed E-state index contributed by atoms with van der Waals surface area (Å²) < 4.78 is 6.63. The molecule has 1 atom stereocenters. The number of amides is 3. The lowest BCUT2D eigenvalue weighted by atomic mass is 10.0. The van der Waals surface area contributed by atoms with E-state index in [0.717, 1.165) is 4.90 Å². The number of halogens is 1. The van der Waals surface area contributed by atoms with Crippen molar-refractivity contribution in [3.8, 4) is 5.75 Å². The smallest absolute Gasteiger partial charge is 0.304 e. The summed E-state index contributed by atoms with van der Waals surface area (Å²) in [6, 6.07) is 11.7. The Bertz CT molecular complexity index is 927. The molecule has 0 radical (unpaired) electrons. The van der Waals surface area contributed by atoms with Gasteiger partial charge in [-0.15, -0.1) is 0 Å². The van der Waals surface area contributed by atoms with E-state index in [1.807, 2.05) is 0 Å². The van der Waals surface area contributed by atoms with Crippen molar-refractivity contribution in [2.45, 2.75) is 12.6 Å². The fraction of sp³-hybridized carbons (Fsp3) is 0.118. The van der Waals surface area contributed by atoms with Gasteiger partial charge in [0.1, 0.15) is 5.75 Å². The third-order valence-electron chi connectivity index (χ3n) is 4.08. The molecular formula is C17H11BrN2O4. The Kier molecular flexibility index (Phi) is 3.05. The minimum atomic E-state index is -1.74. The van der Waals surface area contributed by atoms with E-state index in [9.17, 15) is 14.4 Å². The second-order valence-electron chi connectivity index (χ2n) is 5.55. The van der Waals surface area contributed by atoms with Gasteiger partial charge in [-0.25, -0.2) is 4.90 Å². The number of imide groups is 1. The van der Waals surface area contributed by atoms with Crippen LogP contribution < -0.4 is 15.0 Å². The Balaban J connectivity index is 1.96. The number of rotatable bonds is 0. The monoisotopic (exact) mass is 386 g/mol. The molecule has 2 aliphatic rings. The fourth-order valence-electron chi connectivity index (χ4n) is 3.06. The highest BCUT2D eigenvalue weighted by molar-refractivity contribution is 9.10. The maximum absolute atomic E-state index is 13.0. The van der Waals surface area contributed by atoms with Crippen molar-refractivity contribution in [2.75, 3.05) is 4.90 Å². The van der Waals surface area contributed by atoms with Gasteiger partial charge < -0.3 is 10.1 Å². The normalized spacial score (nSPS) is 21.2. The summed E-state index contributed by atoms with van der Waals surface area (Å²) >= 11 is 3.36. The molecule has 0 fully saturated rings. The van der Waals surface area contributed by atoms with Crippen LogP contribution in [0.15, 0.2) is 46.9 Å². The molecule has 0 bridgehead atoms. The van der Waals surface area contributed by atoms with Gasteiger partial charge >= 0.3 is 5.91 Å². The van der Waals surface area contributed by atoms with Gasteiger partial charge in [0.2, 0.25) is 5.91 Å². The quantitative estimate of drug-likeness (QED) is 0.753. The largest absolute Gasteiger partial charge is 0.453 e. The van der Waals surface area contributed by atoms with E-state index >= 15 is 0 Å². The molecule has 4 rings (SSSR count). The van der Waals surface area contributed by atoms with E-state index in [-0.39, 0.29) is 0 Å². The second kappa shape index (κ2) is 4.91. The number of fused-ring (bicyclic) bond motifs is 3. The molecule has 0 aromatic heterocycles. The highest BCUT2D eigenvalue weighted by atomic mass is 79.9. The molecule has 2 aliphatic heterocycles. The Hall–Kier alpha value is -2.67.